The second-order valence-corrected chi connectivity index (χ2v) is 9.66. The van der Waals surface area contributed by atoms with Gasteiger partial charge < -0.3 is 29.3 Å². The molecule has 0 saturated heterocycles. The van der Waals surface area contributed by atoms with Gasteiger partial charge in [0.2, 0.25) is 5.91 Å². The molecule has 2 aliphatic heterocycles. The smallest absolute Gasteiger partial charge is 0.338 e. The maximum atomic E-state index is 13.3. The van der Waals surface area contributed by atoms with Crippen LogP contribution in [0.15, 0.2) is 45.6 Å². The summed E-state index contributed by atoms with van der Waals surface area (Å²) in [6.07, 6.45) is -0.137. The summed E-state index contributed by atoms with van der Waals surface area (Å²) in [6, 6.07) is 4.94. The van der Waals surface area contributed by atoms with Gasteiger partial charge in [-0.3, -0.25) is 4.79 Å². The molecule has 0 spiro atoms. The Labute approximate surface area is 211 Å². The van der Waals surface area contributed by atoms with Crippen LogP contribution in [0.3, 0.4) is 0 Å². The summed E-state index contributed by atoms with van der Waals surface area (Å²) in [7, 11) is 7.07. The van der Waals surface area contributed by atoms with Crippen molar-refractivity contribution in [3.8, 4) is 11.5 Å². The summed E-state index contributed by atoms with van der Waals surface area (Å²) >= 11 is 1.43. The van der Waals surface area contributed by atoms with Crippen LogP contribution in [0.25, 0.3) is 0 Å². The number of fused-ring (bicyclic) bond motifs is 1. The van der Waals surface area contributed by atoms with Gasteiger partial charge in [-0.25, -0.2) is 9.79 Å². The lowest BCUT2D eigenvalue weighted by atomic mass is 9.93. The third-order valence-corrected chi connectivity index (χ3v) is 6.36. The van der Waals surface area contributed by atoms with Gasteiger partial charge >= 0.3 is 5.97 Å². The van der Waals surface area contributed by atoms with Crippen molar-refractivity contribution < 1.29 is 23.8 Å². The first-order valence-corrected chi connectivity index (χ1v) is 12.3. The first-order chi connectivity index (χ1) is 16.6. The third-order valence-electron chi connectivity index (χ3n) is 5.48. The standard InChI is InChI=1S/C25H34N4O5S/c1-15(2)34-24(31)22-16(3)27-25-29(18(14-35-25)12-21(30)26-8-9-28(4)5)23(22)17-10-19(32-6)13-20(11-17)33-7/h10-11,13-15,23H,8-9,12H2,1-7H3,(H,26,30). The number of esters is 1. The quantitative estimate of drug-likeness (QED) is 0.487. The fourth-order valence-electron chi connectivity index (χ4n) is 3.86. The van der Waals surface area contributed by atoms with Gasteiger partial charge in [-0.05, 0) is 58.0 Å². The molecule has 2 aliphatic rings. The average molecular weight is 503 g/mol. The number of hydrogen-bond donors (Lipinski definition) is 1. The van der Waals surface area contributed by atoms with E-state index in [2.05, 4.69) is 10.3 Å². The molecule has 1 atom stereocenters. The maximum Gasteiger partial charge on any atom is 0.338 e. The van der Waals surface area contributed by atoms with Crippen molar-refractivity contribution in [3.63, 3.8) is 0 Å². The number of allylic oxidation sites excluding steroid dienone is 1. The molecule has 1 unspecified atom stereocenters. The third kappa shape index (κ3) is 6.37. The minimum absolute atomic E-state index is 0.0977. The van der Waals surface area contributed by atoms with E-state index in [0.29, 0.717) is 34.5 Å². The number of rotatable bonds is 10. The number of amides is 1. The summed E-state index contributed by atoms with van der Waals surface area (Å²) in [5.74, 6) is 0.645. The molecular weight excluding hydrogens is 468 g/mol. The van der Waals surface area contributed by atoms with E-state index in [4.69, 9.17) is 14.2 Å². The van der Waals surface area contributed by atoms with Crippen molar-refractivity contribution in [1.29, 1.82) is 0 Å². The molecule has 0 saturated carbocycles. The normalized spacial score (nSPS) is 17.3. The van der Waals surface area contributed by atoms with Crippen LogP contribution >= 0.6 is 11.8 Å². The van der Waals surface area contributed by atoms with Gasteiger partial charge in [-0.15, -0.1) is 0 Å². The van der Waals surface area contributed by atoms with E-state index in [-0.39, 0.29) is 18.4 Å². The molecule has 9 nitrogen and oxygen atoms in total. The number of thioether (sulfide) groups is 1. The number of methoxy groups -OCH3 is 2. The number of likely N-dealkylation sites (N-methyl/N-ethyl adjacent to an activating group) is 1. The number of nitrogens with zero attached hydrogens (tertiary/aromatic N) is 3. The summed E-state index contributed by atoms with van der Waals surface area (Å²) in [5, 5.41) is 5.57. The van der Waals surface area contributed by atoms with Crippen LogP contribution in [-0.4, -0.2) is 74.4 Å². The first kappa shape index (κ1) is 26.6. The number of carbonyl (C=O) groups excluding carboxylic acids is 2. The summed E-state index contributed by atoms with van der Waals surface area (Å²) in [5.41, 5.74) is 2.51. The highest BCUT2D eigenvalue weighted by Crippen LogP contribution is 2.46. The van der Waals surface area contributed by atoms with Crippen LogP contribution in [0.4, 0.5) is 0 Å². The number of benzene rings is 1. The van der Waals surface area contributed by atoms with E-state index in [1.165, 1.54) is 11.8 Å². The van der Waals surface area contributed by atoms with Crippen molar-refractivity contribution in [2.45, 2.75) is 39.3 Å². The Balaban J connectivity index is 2.02. The van der Waals surface area contributed by atoms with E-state index >= 15 is 0 Å². The fraction of sp³-hybridized carbons (Fsp3) is 0.480. The molecule has 10 heteroatoms. The predicted octanol–water partition coefficient (Wildman–Crippen LogP) is 3.30. The van der Waals surface area contributed by atoms with Crippen LogP contribution in [-0.2, 0) is 14.3 Å². The average Bonchev–Trinajstić information content (AvgIpc) is 3.18. The highest BCUT2D eigenvalue weighted by atomic mass is 32.2. The van der Waals surface area contributed by atoms with E-state index in [0.717, 1.165) is 17.8 Å². The van der Waals surface area contributed by atoms with E-state index < -0.39 is 12.0 Å². The second-order valence-electron chi connectivity index (χ2n) is 8.82. The van der Waals surface area contributed by atoms with Gasteiger partial charge in [0.25, 0.3) is 0 Å². The Bertz CT molecular complexity index is 1040. The van der Waals surface area contributed by atoms with Crippen LogP contribution in [0.1, 0.15) is 38.8 Å². The van der Waals surface area contributed by atoms with Gasteiger partial charge in [0, 0.05) is 24.9 Å². The molecule has 1 amide bonds. The van der Waals surface area contributed by atoms with Gasteiger partial charge in [0.05, 0.1) is 44.1 Å². The number of ether oxygens (including phenoxy) is 3. The largest absolute Gasteiger partial charge is 0.497 e. The Kier molecular flexibility index (Phi) is 8.85. The molecule has 190 valence electrons. The molecule has 35 heavy (non-hydrogen) atoms. The zero-order valence-corrected chi connectivity index (χ0v) is 22.2. The first-order valence-electron chi connectivity index (χ1n) is 11.4. The van der Waals surface area contributed by atoms with Gasteiger partial charge in [0.15, 0.2) is 5.17 Å². The number of carbonyl (C=O) groups is 2. The number of aliphatic imine (C=N–C) groups is 1. The molecule has 0 aromatic heterocycles. The maximum absolute atomic E-state index is 13.3. The van der Waals surface area contributed by atoms with Crippen LogP contribution in [0, 0.1) is 0 Å². The van der Waals surface area contributed by atoms with Crippen molar-refractivity contribution in [3.05, 3.63) is 46.1 Å². The Morgan fingerprint density at radius 2 is 1.83 bits per heavy atom. The van der Waals surface area contributed by atoms with Crippen molar-refractivity contribution in [2.24, 2.45) is 4.99 Å². The molecule has 2 heterocycles. The molecule has 3 rings (SSSR count). The fourth-order valence-corrected chi connectivity index (χ4v) is 4.82. The second kappa shape index (κ2) is 11.6. The summed E-state index contributed by atoms with van der Waals surface area (Å²) in [4.78, 5) is 34.7. The Morgan fingerprint density at radius 1 is 1.17 bits per heavy atom. The Hall–Kier alpha value is -2.98. The van der Waals surface area contributed by atoms with E-state index in [9.17, 15) is 9.59 Å². The molecule has 0 aliphatic carbocycles. The van der Waals surface area contributed by atoms with Crippen LogP contribution in [0.2, 0.25) is 0 Å². The SMILES string of the molecule is COc1cc(OC)cc(C2C(C(=O)OC(C)C)=C(C)N=C3SC=C(CC(=O)NCCN(C)C)N32)c1. The topological polar surface area (TPSA) is 92.7 Å². The highest BCUT2D eigenvalue weighted by molar-refractivity contribution is 8.16. The zero-order valence-electron chi connectivity index (χ0n) is 21.4. The van der Waals surface area contributed by atoms with Gasteiger partial charge in [-0.1, -0.05) is 11.8 Å². The number of amidine groups is 1. The molecule has 0 fully saturated rings. The molecule has 0 radical (unpaired) electrons. The number of hydrogen-bond acceptors (Lipinski definition) is 9. The van der Waals surface area contributed by atoms with Crippen molar-refractivity contribution >= 4 is 28.8 Å². The Morgan fingerprint density at radius 3 is 2.40 bits per heavy atom. The van der Waals surface area contributed by atoms with Crippen molar-refractivity contribution in [1.82, 2.24) is 15.1 Å². The predicted molar refractivity (Wildman–Crippen MR) is 137 cm³/mol. The molecule has 1 aromatic carbocycles. The molecule has 1 aromatic rings. The van der Waals surface area contributed by atoms with E-state index in [1.807, 2.05) is 55.3 Å². The zero-order chi connectivity index (χ0) is 25.7. The lowest BCUT2D eigenvalue weighted by Gasteiger charge is -2.36. The minimum Gasteiger partial charge on any atom is -0.497 e. The monoisotopic (exact) mass is 502 g/mol. The molecule has 1 N–H and O–H groups in total. The van der Waals surface area contributed by atoms with Crippen LogP contribution < -0.4 is 14.8 Å². The lowest BCUT2D eigenvalue weighted by Crippen LogP contribution is -2.39. The highest BCUT2D eigenvalue weighted by Gasteiger charge is 2.41. The van der Waals surface area contributed by atoms with Gasteiger partial charge in [0.1, 0.15) is 11.5 Å². The van der Waals surface area contributed by atoms with Crippen LogP contribution in [0.5, 0.6) is 11.5 Å². The van der Waals surface area contributed by atoms with Gasteiger partial charge in [-0.2, -0.15) is 0 Å². The number of nitrogens with one attached hydrogen (secondary N) is 1. The molecular formula is C25H34N4O5S. The molecule has 0 bridgehead atoms. The summed E-state index contributed by atoms with van der Waals surface area (Å²) < 4.78 is 16.6. The lowest BCUT2D eigenvalue weighted by molar-refractivity contribution is -0.143. The van der Waals surface area contributed by atoms with Crippen molar-refractivity contribution in [2.75, 3.05) is 41.4 Å². The summed E-state index contributed by atoms with van der Waals surface area (Å²) in [6.45, 7) is 6.72. The van der Waals surface area contributed by atoms with E-state index in [1.54, 1.807) is 27.2 Å². The minimum atomic E-state index is -0.562.